The number of nitrogens with one attached hydrogen (secondary N) is 1. The topological polar surface area (TPSA) is 88.3 Å². The first-order valence-electron chi connectivity index (χ1n) is 7.62. The summed E-state index contributed by atoms with van der Waals surface area (Å²) >= 11 is 0. The van der Waals surface area contributed by atoms with Crippen molar-refractivity contribution < 1.29 is 14.0 Å². The van der Waals surface area contributed by atoms with Crippen molar-refractivity contribution in [3.8, 4) is 0 Å². The Morgan fingerprint density at radius 3 is 2.87 bits per heavy atom. The van der Waals surface area contributed by atoms with Crippen LogP contribution in [0.2, 0.25) is 0 Å². The summed E-state index contributed by atoms with van der Waals surface area (Å²) in [6.07, 6.45) is 2.43. The first kappa shape index (κ1) is 15.2. The minimum atomic E-state index is -0.259. The second-order valence-electron chi connectivity index (χ2n) is 5.46. The number of aryl methyl sites for hydroxylation is 1. The van der Waals surface area contributed by atoms with Gasteiger partial charge in [-0.05, 0) is 25.0 Å². The summed E-state index contributed by atoms with van der Waals surface area (Å²) < 4.78 is 5.21. The molecule has 0 aliphatic carbocycles. The van der Waals surface area contributed by atoms with Crippen molar-refractivity contribution in [2.45, 2.75) is 32.6 Å². The molecule has 2 amide bonds. The summed E-state index contributed by atoms with van der Waals surface area (Å²) in [6, 6.07) is 7.31. The molecular formula is C16H18N4O3. The van der Waals surface area contributed by atoms with E-state index in [1.54, 1.807) is 17.9 Å². The van der Waals surface area contributed by atoms with E-state index in [2.05, 4.69) is 15.5 Å². The van der Waals surface area contributed by atoms with Gasteiger partial charge in [0.25, 0.3) is 0 Å². The number of para-hydroxylation sites is 2. The lowest BCUT2D eigenvalue weighted by atomic mass is 10.1. The highest BCUT2D eigenvalue weighted by molar-refractivity contribution is 6.01. The zero-order valence-electron chi connectivity index (χ0n) is 12.9. The van der Waals surface area contributed by atoms with Gasteiger partial charge in [0.1, 0.15) is 6.42 Å². The molecule has 1 saturated heterocycles. The van der Waals surface area contributed by atoms with Crippen LogP contribution in [-0.4, -0.2) is 28.6 Å². The molecule has 1 aliphatic heterocycles. The number of piperidine rings is 1. The molecule has 1 aromatic heterocycles. The standard InChI is InChI=1S/C16H18N4O3/c1-11-18-19-15(23-11)10-14(21)17-12-6-2-3-7-13(12)20-9-5-4-8-16(20)22/h2-3,6-7H,4-5,8-10H2,1H3,(H,17,21). The van der Waals surface area contributed by atoms with Crippen LogP contribution in [0.3, 0.4) is 0 Å². The van der Waals surface area contributed by atoms with E-state index < -0.39 is 0 Å². The van der Waals surface area contributed by atoms with E-state index in [1.165, 1.54) is 0 Å². The van der Waals surface area contributed by atoms with Gasteiger partial charge in [-0.3, -0.25) is 9.59 Å². The molecule has 0 saturated carbocycles. The molecule has 0 atom stereocenters. The van der Waals surface area contributed by atoms with Crippen molar-refractivity contribution in [1.29, 1.82) is 0 Å². The maximum atomic E-state index is 12.2. The molecule has 0 radical (unpaired) electrons. The van der Waals surface area contributed by atoms with Crippen LogP contribution in [0.5, 0.6) is 0 Å². The fourth-order valence-electron chi connectivity index (χ4n) is 2.62. The monoisotopic (exact) mass is 314 g/mol. The van der Waals surface area contributed by atoms with Crippen LogP contribution in [0.1, 0.15) is 31.0 Å². The van der Waals surface area contributed by atoms with E-state index in [0.29, 0.717) is 24.5 Å². The number of carbonyl (C=O) groups is 2. The van der Waals surface area contributed by atoms with Gasteiger partial charge in [-0.1, -0.05) is 12.1 Å². The van der Waals surface area contributed by atoms with Crippen LogP contribution in [0, 0.1) is 6.92 Å². The van der Waals surface area contributed by atoms with Crippen molar-refractivity contribution in [3.63, 3.8) is 0 Å². The molecule has 1 fully saturated rings. The number of rotatable bonds is 4. The fourth-order valence-corrected chi connectivity index (χ4v) is 2.62. The third-order valence-electron chi connectivity index (χ3n) is 3.67. The lowest BCUT2D eigenvalue weighted by Crippen LogP contribution is -2.35. The smallest absolute Gasteiger partial charge is 0.233 e. The van der Waals surface area contributed by atoms with E-state index in [-0.39, 0.29) is 24.1 Å². The number of hydrogen-bond donors (Lipinski definition) is 1. The maximum Gasteiger partial charge on any atom is 0.233 e. The molecule has 2 heterocycles. The Bertz CT molecular complexity index is 726. The maximum absolute atomic E-state index is 12.2. The molecule has 0 spiro atoms. The summed E-state index contributed by atoms with van der Waals surface area (Å²) in [5.41, 5.74) is 1.34. The van der Waals surface area contributed by atoms with E-state index in [1.807, 2.05) is 18.2 Å². The molecule has 0 bridgehead atoms. The second-order valence-corrected chi connectivity index (χ2v) is 5.46. The number of amides is 2. The molecule has 1 aliphatic rings. The SMILES string of the molecule is Cc1nnc(CC(=O)Nc2ccccc2N2CCCCC2=O)o1. The largest absolute Gasteiger partial charge is 0.425 e. The highest BCUT2D eigenvalue weighted by Crippen LogP contribution is 2.28. The van der Waals surface area contributed by atoms with Crippen LogP contribution >= 0.6 is 0 Å². The number of hydrogen-bond acceptors (Lipinski definition) is 5. The first-order chi connectivity index (χ1) is 11.1. The zero-order valence-corrected chi connectivity index (χ0v) is 12.9. The summed E-state index contributed by atoms with van der Waals surface area (Å²) in [7, 11) is 0. The van der Waals surface area contributed by atoms with Crippen LogP contribution in [0.25, 0.3) is 0 Å². The van der Waals surface area contributed by atoms with E-state index in [4.69, 9.17) is 4.42 Å². The quantitative estimate of drug-likeness (QED) is 0.933. The summed E-state index contributed by atoms with van der Waals surface area (Å²) in [5, 5.41) is 10.3. The van der Waals surface area contributed by atoms with Gasteiger partial charge >= 0.3 is 0 Å². The van der Waals surface area contributed by atoms with Gasteiger partial charge < -0.3 is 14.6 Å². The second kappa shape index (κ2) is 6.60. The lowest BCUT2D eigenvalue weighted by molar-refractivity contribution is -0.119. The Labute approximate surface area is 133 Å². The van der Waals surface area contributed by atoms with Crippen molar-refractivity contribution in [2.75, 3.05) is 16.8 Å². The molecular weight excluding hydrogens is 296 g/mol. The van der Waals surface area contributed by atoms with E-state index in [0.717, 1.165) is 18.5 Å². The van der Waals surface area contributed by atoms with Crippen LogP contribution in [0.4, 0.5) is 11.4 Å². The minimum Gasteiger partial charge on any atom is -0.425 e. The van der Waals surface area contributed by atoms with Gasteiger partial charge in [0, 0.05) is 19.9 Å². The highest BCUT2D eigenvalue weighted by atomic mass is 16.4. The average molecular weight is 314 g/mol. The van der Waals surface area contributed by atoms with E-state index >= 15 is 0 Å². The molecule has 120 valence electrons. The van der Waals surface area contributed by atoms with Crippen molar-refractivity contribution in [3.05, 3.63) is 36.0 Å². The lowest BCUT2D eigenvalue weighted by Gasteiger charge is -2.28. The number of carbonyl (C=O) groups excluding carboxylic acids is 2. The Morgan fingerprint density at radius 1 is 1.30 bits per heavy atom. The fraction of sp³-hybridized carbons (Fsp3) is 0.375. The highest BCUT2D eigenvalue weighted by Gasteiger charge is 2.22. The van der Waals surface area contributed by atoms with Crippen LogP contribution in [0.15, 0.2) is 28.7 Å². The van der Waals surface area contributed by atoms with Crippen molar-refractivity contribution >= 4 is 23.2 Å². The average Bonchev–Trinajstić information content (AvgIpc) is 2.93. The van der Waals surface area contributed by atoms with E-state index in [9.17, 15) is 9.59 Å². The number of benzene rings is 1. The summed E-state index contributed by atoms with van der Waals surface area (Å²) in [5.74, 6) is 0.523. The van der Waals surface area contributed by atoms with Gasteiger partial charge in [0.15, 0.2) is 0 Å². The third-order valence-corrected chi connectivity index (χ3v) is 3.67. The predicted molar refractivity (Wildman–Crippen MR) is 84.0 cm³/mol. The normalized spacial score (nSPS) is 14.8. The Hall–Kier alpha value is -2.70. The Morgan fingerprint density at radius 2 is 2.13 bits per heavy atom. The molecule has 1 aromatic carbocycles. The van der Waals surface area contributed by atoms with Crippen LogP contribution in [-0.2, 0) is 16.0 Å². The van der Waals surface area contributed by atoms with Gasteiger partial charge in [-0.2, -0.15) is 0 Å². The Balaban J connectivity index is 1.75. The van der Waals surface area contributed by atoms with Gasteiger partial charge in [-0.15, -0.1) is 10.2 Å². The molecule has 3 rings (SSSR count). The molecule has 0 unspecified atom stereocenters. The molecule has 7 heteroatoms. The minimum absolute atomic E-state index is 0.00310. The third kappa shape index (κ3) is 3.56. The molecule has 2 aromatic rings. The predicted octanol–water partition coefficient (Wildman–Crippen LogP) is 2.08. The van der Waals surface area contributed by atoms with Gasteiger partial charge in [-0.25, -0.2) is 0 Å². The number of aromatic nitrogens is 2. The summed E-state index contributed by atoms with van der Waals surface area (Å²) in [4.78, 5) is 26.0. The number of anilines is 2. The Kier molecular flexibility index (Phi) is 4.36. The zero-order chi connectivity index (χ0) is 16.2. The molecule has 1 N–H and O–H groups in total. The van der Waals surface area contributed by atoms with Crippen molar-refractivity contribution in [1.82, 2.24) is 10.2 Å². The van der Waals surface area contributed by atoms with Crippen molar-refractivity contribution in [2.24, 2.45) is 0 Å². The van der Waals surface area contributed by atoms with Gasteiger partial charge in [0.05, 0.1) is 11.4 Å². The number of nitrogens with zero attached hydrogens (tertiary/aromatic N) is 3. The van der Waals surface area contributed by atoms with Crippen LogP contribution < -0.4 is 10.2 Å². The molecule has 7 nitrogen and oxygen atoms in total. The summed E-state index contributed by atoms with van der Waals surface area (Å²) in [6.45, 7) is 2.35. The van der Waals surface area contributed by atoms with Gasteiger partial charge in [0.2, 0.25) is 23.6 Å². The first-order valence-corrected chi connectivity index (χ1v) is 7.62. The molecule has 23 heavy (non-hydrogen) atoms.